The number of hydrogen-bond donors (Lipinski definition) is 0. The molecule has 7 nitrogen and oxygen atoms in total. The van der Waals surface area contributed by atoms with Crippen LogP contribution in [0.25, 0.3) is 44.6 Å². The molecule has 0 unspecified atom stereocenters. The van der Waals surface area contributed by atoms with Gasteiger partial charge in [-0.15, -0.1) is 10.2 Å². The lowest BCUT2D eigenvalue weighted by atomic mass is 10.0. The molecular formula is C29H18N6O. The third kappa shape index (κ3) is 3.25. The van der Waals surface area contributed by atoms with E-state index in [4.69, 9.17) is 4.98 Å². The van der Waals surface area contributed by atoms with Gasteiger partial charge in [-0.2, -0.15) is 0 Å². The van der Waals surface area contributed by atoms with Gasteiger partial charge in [0.15, 0.2) is 17.3 Å². The number of aromatic nitrogens is 6. The number of fused-ring (bicyclic) bond motifs is 3. The molecule has 0 N–H and O–H groups in total. The van der Waals surface area contributed by atoms with Crippen LogP contribution < -0.4 is 0 Å². The number of hydrogen-bond acceptors (Lipinski definition) is 5. The average molecular weight is 467 g/mol. The van der Waals surface area contributed by atoms with Crippen molar-refractivity contribution in [3.63, 3.8) is 0 Å². The van der Waals surface area contributed by atoms with Crippen molar-refractivity contribution in [3.8, 4) is 22.6 Å². The largest absolute Gasteiger partial charge is 0.289 e. The molecule has 4 aromatic heterocycles. The van der Waals surface area contributed by atoms with Crippen LogP contribution in [0.4, 0.5) is 0 Å². The lowest BCUT2D eigenvalue weighted by Crippen LogP contribution is -2.00. The van der Waals surface area contributed by atoms with Gasteiger partial charge >= 0.3 is 0 Å². The fourth-order valence-corrected chi connectivity index (χ4v) is 4.50. The molecule has 0 atom stereocenters. The lowest BCUT2D eigenvalue weighted by Gasteiger charge is -2.02. The maximum atomic E-state index is 12.7. The maximum absolute atomic E-state index is 12.7. The van der Waals surface area contributed by atoms with Gasteiger partial charge in [-0.25, -0.2) is 14.0 Å². The summed E-state index contributed by atoms with van der Waals surface area (Å²) in [5, 5.41) is 15.7. The third-order valence-corrected chi connectivity index (χ3v) is 6.34. The van der Waals surface area contributed by atoms with Gasteiger partial charge in [-0.1, -0.05) is 84.1 Å². The van der Waals surface area contributed by atoms with Gasteiger partial charge in [0.1, 0.15) is 5.69 Å². The molecule has 3 aromatic carbocycles. The van der Waals surface area contributed by atoms with Crippen molar-refractivity contribution in [3.05, 3.63) is 121 Å². The number of ketones is 1. The molecule has 7 heteroatoms. The van der Waals surface area contributed by atoms with Gasteiger partial charge in [0.2, 0.25) is 0 Å². The molecule has 0 fully saturated rings. The first-order chi connectivity index (χ1) is 17.7. The molecule has 170 valence electrons. The lowest BCUT2D eigenvalue weighted by molar-refractivity contribution is 0.103. The highest BCUT2D eigenvalue weighted by atomic mass is 16.1. The Morgan fingerprint density at radius 3 is 2.31 bits per heavy atom. The minimum atomic E-state index is -0.0147. The van der Waals surface area contributed by atoms with Crippen LogP contribution in [0.2, 0.25) is 0 Å². The van der Waals surface area contributed by atoms with Crippen LogP contribution in [0.5, 0.6) is 0 Å². The number of nitrogens with zero attached hydrogens (tertiary/aromatic N) is 6. The standard InChI is InChI=1S/C29H18N6O/c36-27(19-7-2-1-3-8-19)20-12-14-21(15-13-20)28-30-29-24(11-6-16-34(29)32-28)26-25-17-22-9-4-5-10-23(22)18-35(25)33-31-26/h1-18H. The number of carbonyl (C=O) groups excluding carboxylic acids is 1. The Balaban J connectivity index is 1.29. The van der Waals surface area contributed by atoms with Crippen molar-refractivity contribution >= 4 is 27.7 Å². The number of rotatable bonds is 4. The molecule has 0 spiro atoms. The summed E-state index contributed by atoms with van der Waals surface area (Å²) in [6.07, 6.45) is 3.85. The van der Waals surface area contributed by atoms with Crippen molar-refractivity contribution < 1.29 is 4.79 Å². The Bertz CT molecular complexity index is 1900. The minimum absolute atomic E-state index is 0.0147. The van der Waals surface area contributed by atoms with Crippen molar-refractivity contribution in [1.82, 2.24) is 29.4 Å². The molecule has 7 aromatic rings. The van der Waals surface area contributed by atoms with Crippen LogP contribution in [-0.4, -0.2) is 35.2 Å². The molecule has 7 rings (SSSR count). The highest BCUT2D eigenvalue weighted by Gasteiger charge is 2.17. The molecule has 0 bridgehead atoms. The molecule has 0 aliphatic rings. The van der Waals surface area contributed by atoms with E-state index in [0.717, 1.165) is 33.1 Å². The molecule has 0 aliphatic carbocycles. The zero-order valence-electron chi connectivity index (χ0n) is 19.0. The molecular weight excluding hydrogens is 448 g/mol. The van der Waals surface area contributed by atoms with E-state index in [1.807, 2.05) is 91.3 Å². The minimum Gasteiger partial charge on any atom is -0.289 e. The summed E-state index contributed by atoms with van der Waals surface area (Å²) in [5.74, 6) is 0.558. The smallest absolute Gasteiger partial charge is 0.193 e. The molecule has 0 saturated heterocycles. The van der Waals surface area contributed by atoms with Gasteiger partial charge in [0.25, 0.3) is 0 Å². The Morgan fingerprint density at radius 1 is 0.722 bits per heavy atom. The first kappa shape index (κ1) is 20.2. The van der Waals surface area contributed by atoms with Crippen molar-refractivity contribution in [1.29, 1.82) is 0 Å². The van der Waals surface area contributed by atoms with Crippen molar-refractivity contribution in [2.24, 2.45) is 0 Å². The summed E-state index contributed by atoms with van der Waals surface area (Å²) in [4.78, 5) is 17.6. The summed E-state index contributed by atoms with van der Waals surface area (Å²) >= 11 is 0. The predicted octanol–water partition coefficient (Wildman–Crippen LogP) is 5.49. The maximum Gasteiger partial charge on any atom is 0.193 e. The Hall–Kier alpha value is -5.17. The highest BCUT2D eigenvalue weighted by Crippen LogP contribution is 2.29. The first-order valence-electron chi connectivity index (χ1n) is 11.5. The summed E-state index contributed by atoms with van der Waals surface area (Å²) in [7, 11) is 0. The van der Waals surface area contributed by atoms with Crippen LogP contribution in [-0.2, 0) is 0 Å². The molecule has 0 radical (unpaired) electrons. The van der Waals surface area contributed by atoms with Crippen LogP contribution in [0, 0.1) is 0 Å². The fraction of sp³-hybridized carbons (Fsp3) is 0. The fourth-order valence-electron chi connectivity index (χ4n) is 4.50. The van der Waals surface area contributed by atoms with Crippen LogP contribution in [0.3, 0.4) is 0 Å². The van der Waals surface area contributed by atoms with E-state index >= 15 is 0 Å². The van der Waals surface area contributed by atoms with E-state index < -0.39 is 0 Å². The number of benzene rings is 3. The monoisotopic (exact) mass is 466 g/mol. The topological polar surface area (TPSA) is 77.5 Å². The van der Waals surface area contributed by atoms with E-state index in [9.17, 15) is 4.79 Å². The number of carbonyl (C=O) groups is 1. The average Bonchev–Trinajstić information content (AvgIpc) is 3.56. The van der Waals surface area contributed by atoms with Gasteiger partial charge in [0, 0.05) is 40.0 Å². The SMILES string of the molecule is O=C(c1ccccc1)c1ccc(-c2nc3c(-c4nnn5cc6ccccc6cc45)cccn3n2)cc1. The van der Waals surface area contributed by atoms with Crippen LogP contribution in [0.15, 0.2) is 109 Å². The molecule has 36 heavy (non-hydrogen) atoms. The number of pyridine rings is 2. The highest BCUT2D eigenvalue weighted by molar-refractivity contribution is 6.09. The molecule has 0 saturated carbocycles. The van der Waals surface area contributed by atoms with Gasteiger partial charge in [-0.3, -0.25) is 4.79 Å². The van der Waals surface area contributed by atoms with Gasteiger partial charge in [0.05, 0.1) is 5.52 Å². The van der Waals surface area contributed by atoms with E-state index in [-0.39, 0.29) is 5.78 Å². The molecule has 4 heterocycles. The van der Waals surface area contributed by atoms with Crippen LogP contribution in [0.1, 0.15) is 15.9 Å². The van der Waals surface area contributed by atoms with E-state index in [1.165, 1.54) is 0 Å². The molecule has 0 aliphatic heterocycles. The van der Waals surface area contributed by atoms with Gasteiger partial charge in [-0.05, 0) is 23.6 Å². The zero-order chi connectivity index (χ0) is 24.1. The summed E-state index contributed by atoms with van der Waals surface area (Å²) in [5.41, 5.74) is 5.29. The van der Waals surface area contributed by atoms with Crippen LogP contribution >= 0.6 is 0 Å². The Labute approximate surface area is 205 Å². The Morgan fingerprint density at radius 2 is 1.47 bits per heavy atom. The quantitative estimate of drug-likeness (QED) is 0.321. The second kappa shape index (κ2) is 7.95. The summed E-state index contributed by atoms with van der Waals surface area (Å²) < 4.78 is 3.54. The summed E-state index contributed by atoms with van der Waals surface area (Å²) in [6.45, 7) is 0. The second-order valence-corrected chi connectivity index (χ2v) is 8.57. The van der Waals surface area contributed by atoms with Crippen molar-refractivity contribution in [2.45, 2.75) is 0 Å². The van der Waals surface area contributed by atoms with Gasteiger partial charge < -0.3 is 0 Å². The molecule has 0 amide bonds. The van der Waals surface area contributed by atoms with E-state index in [0.29, 0.717) is 22.6 Å². The predicted molar refractivity (Wildman–Crippen MR) is 138 cm³/mol. The Kier molecular flexibility index (Phi) is 4.47. The third-order valence-electron chi connectivity index (χ3n) is 6.34. The summed E-state index contributed by atoms with van der Waals surface area (Å²) in [6, 6.07) is 30.8. The van der Waals surface area contributed by atoms with E-state index in [2.05, 4.69) is 33.6 Å². The zero-order valence-corrected chi connectivity index (χ0v) is 19.0. The second-order valence-electron chi connectivity index (χ2n) is 8.57. The first-order valence-corrected chi connectivity index (χ1v) is 11.5. The normalized spacial score (nSPS) is 11.4. The van der Waals surface area contributed by atoms with Crippen molar-refractivity contribution in [2.75, 3.05) is 0 Å². The van der Waals surface area contributed by atoms with E-state index in [1.54, 1.807) is 9.03 Å².